The van der Waals surface area contributed by atoms with Crippen molar-refractivity contribution in [2.75, 3.05) is 13.2 Å². The molecule has 0 fully saturated rings. The van der Waals surface area contributed by atoms with Gasteiger partial charge < -0.3 is 20.8 Å². The Morgan fingerprint density at radius 1 is 0.729 bits per heavy atom. The molecule has 0 spiro atoms. The summed E-state index contributed by atoms with van der Waals surface area (Å²) in [6.07, 6.45) is -2.73. The Morgan fingerprint density at radius 3 is 1.64 bits per heavy atom. The van der Waals surface area contributed by atoms with Gasteiger partial charge in [-0.25, -0.2) is 13.2 Å². The largest absolute Gasteiger partial charge is 0.394 e. The molecule has 2 aromatic heterocycles. The van der Waals surface area contributed by atoms with Gasteiger partial charge in [-0.1, -0.05) is 65.7 Å². The zero-order valence-corrected chi connectivity index (χ0v) is 32.2. The number of rotatable bonds is 11. The molecular weight excluding hydrogens is 814 g/mol. The lowest BCUT2D eigenvalue weighted by molar-refractivity contribution is 0.0916. The Hall–Kier alpha value is -6.64. The van der Waals surface area contributed by atoms with E-state index in [1.165, 1.54) is 48.5 Å². The first kappa shape index (κ1) is 43.5. The summed E-state index contributed by atoms with van der Waals surface area (Å²) in [6, 6.07) is 26.0. The fourth-order valence-corrected chi connectivity index (χ4v) is 5.54. The van der Waals surface area contributed by atoms with Crippen molar-refractivity contribution in [3.8, 4) is 40.0 Å². The van der Waals surface area contributed by atoms with E-state index in [2.05, 4.69) is 20.8 Å². The lowest BCUT2D eigenvalue weighted by Gasteiger charge is -2.14. The highest BCUT2D eigenvalue weighted by Crippen LogP contribution is 2.24. The number of aromatic nitrogens is 4. The van der Waals surface area contributed by atoms with E-state index in [1.54, 1.807) is 61.5 Å². The van der Waals surface area contributed by atoms with E-state index in [0.29, 0.717) is 21.2 Å². The molecule has 0 aliphatic heterocycles. The van der Waals surface area contributed by atoms with Crippen LogP contribution in [0.2, 0.25) is 10.0 Å². The summed E-state index contributed by atoms with van der Waals surface area (Å²) in [6.45, 7) is 0.644. The Labute approximate surface area is 343 Å². The van der Waals surface area contributed by atoms with Crippen LogP contribution in [-0.2, 0) is 0 Å². The first-order valence-corrected chi connectivity index (χ1v) is 18.2. The van der Waals surface area contributed by atoms with Crippen LogP contribution in [-0.4, -0.2) is 66.9 Å². The normalized spacial score (nSPS) is 11.8. The van der Waals surface area contributed by atoms with E-state index in [9.17, 15) is 37.5 Å². The number of hydrogen-bond acceptors (Lipinski definition) is 9. The van der Waals surface area contributed by atoms with Gasteiger partial charge >= 0.3 is 0 Å². The fraction of sp³-hybridized carbons (Fsp3) is 0.146. The molecule has 0 aliphatic carbocycles. The molecule has 0 bridgehead atoms. The number of aliphatic hydroxyl groups is 2. The van der Waals surface area contributed by atoms with E-state index in [-0.39, 0.29) is 46.1 Å². The van der Waals surface area contributed by atoms with Gasteiger partial charge in [0.1, 0.15) is 23.0 Å². The predicted octanol–water partition coefficient (Wildman–Crippen LogP) is 5.91. The Balaban J connectivity index is 0.000000224. The third kappa shape index (κ3) is 10.9. The molecule has 0 aliphatic rings. The SMILES string of the molecule is C[C@@H](CO)NC(=O)c1cc(-c2ccc(Cl)cc2)nn(-c2cccc(C(F)F)c2)c1=O.N#CC(CO)NC(=O)c1cc(-c2ccc(Cl)cc2)nn(-c2cccc(F)c2)c1=O. The number of halogens is 5. The molecule has 4 N–H and O–H groups in total. The highest BCUT2D eigenvalue weighted by atomic mass is 35.5. The highest BCUT2D eigenvalue weighted by Gasteiger charge is 2.22. The molecule has 0 saturated carbocycles. The summed E-state index contributed by atoms with van der Waals surface area (Å²) < 4.78 is 41.7. The smallest absolute Gasteiger partial charge is 0.284 e. The van der Waals surface area contributed by atoms with E-state index in [0.717, 1.165) is 21.5 Å². The van der Waals surface area contributed by atoms with Gasteiger partial charge in [0.15, 0.2) is 0 Å². The number of benzene rings is 4. The number of alkyl halides is 2. The third-order valence-electron chi connectivity index (χ3n) is 8.31. The number of hydrogen-bond donors (Lipinski definition) is 4. The number of carbonyl (C=O) groups excluding carboxylic acids is 2. The van der Waals surface area contributed by atoms with Gasteiger partial charge in [-0.3, -0.25) is 19.2 Å². The van der Waals surface area contributed by atoms with Crippen LogP contribution in [0.15, 0.2) is 119 Å². The van der Waals surface area contributed by atoms with E-state index < -0.39 is 53.9 Å². The maximum atomic E-state index is 13.7. The molecule has 0 radical (unpaired) electrons. The van der Waals surface area contributed by atoms with E-state index in [4.69, 9.17) is 33.6 Å². The standard InChI is InChI=1S/C21H18ClF2N3O3.C20H14ClFN4O3/c1-12(11-28)25-20(29)17-10-18(13-5-7-15(22)8-6-13)26-27(21(17)30)16-4-2-3-14(9-16)19(23)24;21-13-6-4-12(5-7-13)18-9-17(19(28)24-15(10-23)11-27)20(29)26(25-18)16-3-1-2-14(22)8-16/h2-10,12,19,28H,11H2,1H3,(H,25,29);1-9,15,27H,11H2,(H,24,28)/t12-;/m0./s1. The van der Waals surface area contributed by atoms with Crippen LogP contribution in [0.25, 0.3) is 33.9 Å². The molecule has 0 saturated heterocycles. The van der Waals surface area contributed by atoms with Gasteiger partial charge in [0.05, 0.1) is 42.0 Å². The summed E-state index contributed by atoms with van der Waals surface area (Å²) in [5.41, 5.74) is -0.531. The van der Waals surface area contributed by atoms with Gasteiger partial charge in [0.25, 0.3) is 29.4 Å². The van der Waals surface area contributed by atoms with Crippen molar-refractivity contribution >= 4 is 35.0 Å². The second kappa shape index (κ2) is 19.7. The zero-order valence-electron chi connectivity index (χ0n) is 30.7. The van der Waals surface area contributed by atoms with E-state index >= 15 is 0 Å². The molecule has 4 aromatic carbocycles. The first-order chi connectivity index (χ1) is 28.2. The second-order valence-electron chi connectivity index (χ2n) is 12.6. The molecule has 2 atom stereocenters. The number of amides is 2. The van der Waals surface area contributed by atoms with Crippen molar-refractivity contribution in [1.82, 2.24) is 30.2 Å². The predicted molar refractivity (Wildman–Crippen MR) is 213 cm³/mol. The summed E-state index contributed by atoms with van der Waals surface area (Å²) in [4.78, 5) is 51.0. The molecule has 59 heavy (non-hydrogen) atoms. The molecule has 18 heteroatoms. The van der Waals surface area contributed by atoms with Crippen molar-refractivity contribution in [2.45, 2.75) is 25.4 Å². The number of carbonyl (C=O) groups is 2. The Morgan fingerprint density at radius 2 is 1.20 bits per heavy atom. The monoisotopic (exact) mass is 845 g/mol. The van der Waals surface area contributed by atoms with Crippen LogP contribution in [0.4, 0.5) is 13.2 Å². The molecule has 2 heterocycles. The maximum absolute atomic E-state index is 13.7. The molecule has 6 aromatic rings. The molecule has 302 valence electrons. The Kier molecular flexibility index (Phi) is 14.5. The molecule has 13 nitrogen and oxygen atoms in total. The average molecular weight is 847 g/mol. The van der Waals surface area contributed by atoms with Crippen LogP contribution >= 0.6 is 23.2 Å². The molecule has 1 unspecified atom stereocenters. The summed E-state index contributed by atoms with van der Waals surface area (Å²) in [5.74, 6) is -2.15. The lowest BCUT2D eigenvalue weighted by atomic mass is 10.1. The van der Waals surface area contributed by atoms with Crippen molar-refractivity contribution in [3.63, 3.8) is 0 Å². The van der Waals surface area contributed by atoms with E-state index in [1.807, 2.05) is 0 Å². The van der Waals surface area contributed by atoms with Crippen LogP contribution in [0, 0.1) is 17.1 Å². The minimum atomic E-state index is -2.73. The number of nitrogens with one attached hydrogen (secondary N) is 2. The number of aliphatic hydroxyl groups excluding tert-OH is 2. The van der Waals surface area contributed by atoms with Crippen molar-refractivity contribution in [1.29, 1.82) is 5.26 Å². The average Bonchev–Trinajstić information content (AvgIpc) is 3.23. The maximum Gasteiger partial charge on any atom is 0.284 e. The lowest BCUT2D eigenvalue weighted by Crippen LogP contribution is -2.40. The topological polar surface area (TPSA) is 192 Å². The first-order valence-electron chi connectivity index (χ1n) is 17.4. The van der Waals surface area contributed by atoms with Crippen molar-refractivity contribution in [3.05, 3.63) is 162 Å². The number of nitriles is 1. The van der Waals surface area contributed by atoms with Gasteiger partial charge in [0.2, 0.25) is 0 Å². The Bertz CT molecular complexity index is 2640. The fourth-order valence-electron chi connectivity index (χ4n) is 5.29. The quantitative estimate of drug-likeness (QED) is 0.123. The van der Waals surface area contributed by atoms with Crippen LogP contribution < -0.4 is 21.8 Å². The summed E-state index contributed by atoms with van der Waals surface area (Å²) >= 11 is 11.8. The summed E-state index contributed by atoms with van der Waals surface area (Å²) in [7, 11) is 0. The van der Waals surface area contributed by atoms with Gasteiger partial charge in [0, 0.05) is 32.8 Å². The minimum absolute atomic E-state index is 0.0953. The minimum Gasteiger partial charge on any atom is -0.394 e. The molecule has 2 amide bonds. The zero-order chi connectivity index (χ0) is 42.8. The molecular formula is C41H32Cl2F3N7O6. The second-order valence-corrected chi connectivity index (χ2v) is 13.5. The van der Waals surface area contributed by atoms with Gasteiger partial charge in [-0.05, 0) is 73.7 Å². The summed E-state index contributed by atoms with van der Waals surface area (Å²) in [5, 5.41) is 41.5. The van der Waals surface area contributed by atoms with Crippen molar-refractivity contribution < 1.29 is 33.0 Å². The third-order valence-corrected chi connectivity index (χ3v) is 8.81. The highest BCUT2D eigenvalue weighted by molar-refractivity contribution is 6.30. The van der Waals surface area contributed by atoms with Gasteiger partial charge in [-0.2, -0.15) is 24.8 Å². The van der Waals surface area contributed by atoms with Gasteiger partial charge in [-0.15, -0.1) is 0 Å². The van der Waals surface area contributed by atoms with Crippen LogP contribution in [0.5, 0.6) is 0 Å². The van der Waals surface area contributed by atoms with Crippen molar-refractivity contribution in [2.24, 2.45) is 0 Å². The van der Waals surface area contributed by atoms with Crippen LogP contribution in [0.3, 0.4) is 0 Å². The number of nitrogens with zero attached hydrogens (tertiary/aromatic N) is 5. The van der Waals surface area contributed by atoms with Crippen LogP contribution in [0.1, 0.15) is 39.6 Å². The molecule has 6 rings (SSSR count).